The van der Waals surface area contributed by atoms with E-state index in [4.69, 9.17) is 16.3 Å². The van der Waals surface area contributed by atoms with Crippen molar-refractivity contribution < 1.29 is 9.53 Å². The molecule has 0 aliphatic carbocycles. The van der Waals surface area contributed by atoms with Gasteiger partial charge in [-0.2, -0.15) is 5.10 Å². The Morgan fingerprint density at radius 1 is 1.00 bits per heavy atom. The summed E-state index contributed by atoms with van der Waals surface area (Å²) >= 11 is 6.68. The van der Waals surface area contributed by atoms with E-state index < -0.39 is 8.07 Å². The molecule has 1 heterocycles. The van der Waals surface area contributed by atoms with E-state index >= 15 is 0 Å². The van der Waals surface area contributed by atoms with Crippen LogP contribution in [0, 0.1) is 0 Å². The summed E-state index contributed by atoms with van der Waals surface area (Å²) in [5.74, 6) is 0.450. The molecule has 2 N–H and O–H groups in total. The van der Waals surface area contributed by atoms with Gasteiger partial charge in [-0.3, -0.25) is 5.32 Å². The third-order valence-electron chi connectivity index (χ3n) is 5.40. The smallest absolute Gasteiger partial charge is 0.324 e. The number of aromatic nitrogens is 2. The molecule has 2 amide bonds. The minimum absolute atomic E-state index is 0.282. The molecule has 0 saturated heterocycles. The summed E-state index contributed by atoms with van der Waals surface area (Å²) in [6.07, 6.45) is 0. The number of amides is 2. The van der Waals surface area contributed by atoms with Crippen LogP contribution in [0.25, 0.3) is 22.0 Å². The van der Waals surface area contributed by atoms with Crippen LogP contribution in [0.3, 0.4) is 0 Å². The topological polar surface area (TPSA) is 68.2 Å². The zero-order valence-corrected chi connectivity index (χ0v) is 21.4. The molecule has 0 aliphatic heterocycles. The lowest BCUT2D eigenvalue weighted by atomic mass is 10.0. The van der Waals surface area contributed by atoms with Crippen molar-refractivity contribution in [3.8, 4) is 11.1 Å². The Balaban J connectivity index is 1.65. The van der Waals surface area contributed by atoms with E-state index in [-0.39, 0.29) is 12.8 Å². The SMILES string of the molecule is C[Si](C)(C)CCOCn1nc(NC(=O)Nc2ccccc2)c2cc(-c3ccccc3)c(Cl)cc21. The quantitative estimate of drug-likeness (QED) is 0.200. The normalized spacial score (nSPS) is 11.5. The van der Waals surface area contributed by atoms with Crippen LogP contribution in [0.15, 0.2) is 72.8 Å². The molecule has 0 fully saturated rings. The molecule has 1 aromatic heterocycles. The third-order valence-corrected chi connectivity index (χ3v) is 7.41. The molecule has 4 rings (SSSR count). The van der Waals surface area contributed by atoms with Crippen LogP contribution in [0.5, 0.6) is 0 Å². The maximum Gasteiger partial charge on any atom is 0.324 e. The highest BCUT2D eigenvalue weighted by Gasteiger charge is 2.18. The van der Waals surface area contributed by atoms with Gasteiger partial charge in [-0.15, -0.1) is 0 Å². The fraction of sp³-hybridized carbons (Fsp3) is 0.231. The molecule has 0 bridgehead atoms. The standard InChI is InChI=1S/C26H29ClN4O2Si/c1-34(2,3)15-14-33-18-31-24-17-23(27)21(19-10-6-4-7-11-19)16-22(24)25(30-31)29-26(32)28-20-12-8-5-9-13-20/h4-13,16-17H,14-15,18H2,1-3H3,(H2,28,29,30,32). The number of benzene rings is 3. The summed E-state index contributed by atoms with van der Waals surface area (Å²) in [4.78, 5) is 12.7. The van der Waals surface area contributed by atoms with Crippen LogP contribution in [-0.4, -0.2) is 30.5 Å². The van der Waals surface area contributed by atoms with E-state index in [2.05, 4.69) is 35.4 Å². The molecule has 3 aromatic carbocycles. The molecule has 0 radical (unpaired) electrons. The molecular formula is C26H29ClN4O2Si. The van der Waals surface area contributed by atoms with E-state index in [0.29, 0.717) is 23.1 Å². The zero-order chi connectivity index (χ0) is 24.1. The van der Waals surface area contributed by atoms with Gasteiger partial charge >= 0.3 is 6.03 Å². The van der Waals surface area contributed by atoms with Crippen molar-refractivity contribution in [3.63, 3.8) is 0 Å². The van der Waals surface area contributed by atoms with Crippen molar-refractivity contribution in [1.82, 2.24) is 9.78 Å². The second-order valence-electron chi connectivity index (χ2n) is 9.36. The minimum atomic E-state index is -1.20. The van der Waals surface area contributed by atoms with Crippen LogP contribution >= 0.6 is 11.6 Å². The van der Waals surface area contributed by atoms with Crippen LogP contribution in [0.2, 0.25) is 30.7 Å². The first-order valence-electron chi connectivity index (χ1n) is 11.3. The van der Waals surface area contributed by atoms with Crippen molar-refractivity contribution in [2.24, 2.45) is 0 Å². The number of carbonyl (C=O) groups excluding carboxylic acids is 1. The fourth-order valence-corrected chi connectivity index (χ4v) is 4.57. The van der Waals surface area contributed by atoms with Gasteiger partial charge in [0.05, 0.1) is 10.5 Å². The number of ether oxygens (including phenoxy) is 1. The van der Waals surface area contributed by atoms with Crippen molar-refractivity contribution in [2.75, 3.05) is 17.2 Å². The Hall–Kier alpha value is -3.13. The van der Waals surface area contributed by atoms with Crippen LogP contribution < -0.4 is 10.6 Å². The second-order valence-corrected chi connectivity index (χ2v) is 15.4. The van der Waals surface area contributed by atoms with Gasteiger partial charge in [0.2, 0.25) is 0 Å². The largest absolute Gasteiger partial charge is 0.360 e. The van der Waals surface area contributed by atoms with Gasteiger partial charge in [0.1, 0.15) is 6.73 Å². The van der Waals surface area contributed by atoms with Gasteiger partial charge in [-0.1, -0.05) is 79.8 Å². The monoisotopic (exact) mass is 492 g/mol. The Morgan fingerprint density at radius 2 is 1.68 bits per heavy atom. The maximum absolute atomic E-state index is 12.7. The maximum atomic E-state index is 12.7. The van der Waals surface area contributed by atoms with Crippen LogP contribution in [0.1, 0.15) is 0 Å². The summed E-state index contributed by atoms with van der Waals surface area (Å²) in [5.41, 5.74) is 3.37. The Labute approximate surface area is 205 Å². The number of urea groups is 1. The first-order valence-corrected chi connectivity index (χ1v) is 15.3. The molecule has 0 aliphatic rings. The fourth-order valence-electron chi connectivity index (χ4n) is 3.54. The average Bonchev–Trinajstić information content (AvgIpc) is 3.12. The Kier molecular flexibility index (Phi) is 7.36. The summed E-state index contributed by atoms with van der Waals surface area (Å²) in [6.45, 7) is 7.90. The third kappa shape index (κ3) is 6.05. The van der Waals surface area contributed by atoms with Crippen molar-refractivity contribution in [1.29, 1.82) is 0 Å². The van der Waals surface area contributed by atoms with Crippen molar-refractivity contribution >= 4 is 48.1 Å². The molecule has 0 unspecified atom stereocenters. The number of fused-ring (bicyclic) bond motifs is 1. The highest BCUT2D eigenvalue weighted by molar-refractivity contribution is 6.76. The highest BCUT2D eigenvalue weighted by Crippen LogP contribution is 2.35. The lowest BCUT2D eigenvalue weighted by Gasteiger charge is -2.15. The number of anilines is 2. The number of nitrogens with one attached hydrogen (secondary N) is 2. The molecular weight excluding hydrogens is 464 g/mol. The van der Waals surface area contributed by atoms with Gasteiger partial charge in [-0.05, 0) is 35.9 Å². The molecule has 8 heteroatoms. The molecule has 6 nitrogen and oxygen atoms in total. The number of carbonyl (C=O) groups is 1. The van der Waals surface area contributed by atoms with E-state index in [1.807, 2.05) is 72.8 Å². The predicted octanol–water partition coefficient (Wildman–Crippen LogP) is 7.31. The molecule has 0 atom stereocenters. The molecule has 4 aromatic rings. The van der Waals surface area contributed by atoms with Gasteiger partial charge in [-0.25, -0.2) is 9.48 Å². The second kappa shape index (κ2) is 10.4. The summed E-state index contributed by atoms with van der Waals surface area (Å²) < 4.78 is 7.68. The number of nitrogens with zero attached hydrogens (tertiary/aromatic N) is 2. The predicted molar refractivity (Wildman–Crippen MR) is 143 cm³/mol. The minimum Gasteiger partial charge on any atom is -0.360 e. The first-order chi connectivity index (χ1) is 16.3. The number of hydrogen-bond donors (Lipinski definition) is 2. The lowest BCUT2D eigenvalue weighted by molar-refractivity contribution is 0.0819. The Bertz CT molecular complexity index is 1270. The number of para-hydroxylation sites is 1. The first kappa shape index (κ1) is 24.0. The summed E-state index contributed by atoms with van der Waals surface area (Å²) in [6, 6.07) is 23.8. The molecule has 0 spiro atoms. The summed E-state index contributed by atoms with van der Waals surface area (Å²) in [7, 11) is -1.20. The lowest BCUT2D eigenvalue weighted by Crippen LogP contribution is -2.22. The average molecular weight is 493 g/mol. The van der Waals surface area contributed by atoms with E-state index in [1.54, 1.807) is 4.68 Å². The Morgan fingerprint density at radius 3 is 2.35 bits per heavy atom. The number of rotatable bonds is 8. The summed E-state index contributed by atoms with van der Waals surface area (Å²) in [5, 5.41) is 11.8. The molecule has 176 valence electrons. The van der Waals surface area contributed by atoms with Crippen molar-refractivity contribution in [2.45, 2.75) is 32.4 Å². The molecule has 0 saturated carbocycles. The van der Waals surface area contributed by atoms with Crippen molar-refractivity contribution in [3.05, 3.63) is 77.8 Å². The highest BCUT2D eigenvalue weighted by atomic mass is 35.5. The van der Waals surface area contributed by atoms with E-state index in [1.165, 1.54) is 0 Å². The van der Waals surface area contributed by atoms with Crippen LogP contribution in [0.4, 0.5) is 16.3 Å². The van der Waals surface area contributed by atoms with Crippen LogP contribution in [-0.2, 0) is 11.5 Å². The van der Waals surface area contributed by atoms with E-state index in [0.717, 1.165) is 28.1 Å². The molecule has 34 heavy (non-hydrogen) atoms. The van der Waals surface area contributed by atoms with Gasteiger partial charge in [0.15, 0.2) is 5.82 Å². The van der Waals surface area contributed by atoms with Gasteiger partial charge in [0, 0.05) is 31.3 Å². The number of hydrogen-bond acceptors (Lipinski definition) is 3. The van der Waals surface area contributed by atoms with E-state index in [9.17, 15) is 4.79 Å². The van der Waals surface area contributed by atoms with Gasteiger partial charge in [0.25, 0.3) is 0 Å². The van der Waals surface area contributed by atoms with Gasteiger partial charge < -0.3 is 10.1 Å². The number of halogens is 1. The zero-order valence-electron chi connectivity index (χ0n) is 19.6.